The summed E-state index contributed by atoms with van der Waals surface area (Å²) in [5, 5.41) is 10.5. The van der Waals surface area contributed by atoms with Crippen molar-refractivity contribution < 1.29 is 22.4 Å². The number of alkyl halides is 3. The minimum atomic E-state index is -4.62. The molecule has 4 aromatic carbocycles. The van der Waals surface area contributed by atoms with Gasteiger partial charge in [-0.25, -0.2) is 4.39 Å². The van der Waals surface area contributed by atoms with Crippen molar-refractivity contribution in [3.63, 3.8) is 0 Å². The molecule has 1 aromatic heterocycles. The predicted octanol–water partition coefficient (Wildman–Crippen LogP) is 8.47. The lowest BCUT2D eigenvalue weighted by Crippen LogP contribution is -2.20. The molecule has 1 N–H and O–H groups in total. The smallest absolute Gasteiger partial charge is 0.323 e. The number of halogens is 5. The number of carbonyl (C=O) groups excluding carboxylic acids is 1. The number of amides is 1. The van der Waals surface area contributed by atoms with E-state index >= 15 is 0 Å². The zero-order valence-corrected chi connectivity index (χ0v) is 23.4. The fraction of sp³-hybridized carbons (Fsp3) is 0.129. The van der Waals surface area contributed by atoms with Crippen LogP contribution in [0.1, 0.15) is 21.9 Å². The van der Waals surface area contributed by atoms with Crippen LogP contribution in [0.2, 0.25) is 5.02 Å². The second-order valence-corrected chi connectivity index (χ2v) is 10.7. The third kappa shape index (κ3) is 6.83. The van der Waals surface area contributed by atoms with Crippen LogP contribution in [0.25, 0.3) is 11.4 Å². The first-order valence-corrected chi connectivity index (χ1v) is 14.1. The molecule has 0 fully saturated rings. The van der Waals surface area contributed by atoms with Gasteiger partial charge >= 0.3 is 6.18 Å². The first-order valence-electron chi connectivity index (χ1n) is 12.8. The molecule has 1 heterocycles. The van der Waals surface area contributed by atoms with Gasteiger partial charge in [-0.1, -0.05) is 96.2 Å². The first kappa shape index (κ1) is 29.3. The number of thioether (sulfide) groups is 1. The molecule has 0 aliphatic rings. The fourth-order valence-corrected chi connectivity index (χ4v) is 5.53. The molecule has 0 aliphatic heterocycles. The standard InChI is InChI=1S/C31H23ClF4N4OS/c32-24-16-15-22(31(34,35)36)19-26(24)37-29(41)27(21-11-5-2-6-12-21)42-30-39-38-28(23-13-7-8-14-25(23)33)40(30)18-17-20-9-3-1-4-10-20/h1-16,19,27H,17-18H2,(H,37,41)/t27-/m1/s1. The molecule has 5 rings (SSSR count). The van der Waals surface area contributed by atoms with Gasteiger partial charge in [0.1, 0.15) is 11.1 Å². The molecule has 5 nitrogen and oxygen atoms in total. The lowest BCUT2D eigenvalue weighted by molar-refractivity contribution is -0.137. The quantitative estimate of drug-likeness (QED) is 0.134. The van der Waals surface area contributed by atoms with Crippen LogP contribution < -0.4 is 5.32 Å². The summed E-state index contributed by atoms with van der Waals surface area (Å²) < 4.78 is 56.6. The monoisotopic (exact) mass is 610 g/mol. The van der Waals surface area contributed by atoms with Crippen molar-refractivity contribution in [3.05, 3.63) is 131 Å². The highest BCUT2D eigenvalue weighted by atomic mass is 35.5. The van der Waals surface area contributed by atoms with E-state index in [9.17, 15) is 22.4 Å². The fourth-order valence-electron chi connectivity index (χ4n) is 4.31. The van der Waals surface area contributed by atoms with Gasteiger partial charge in [0.2, 0.25) is 5.91 Å². The van der Waals surface area contributed by atoms with Crippen LogP contribution in [0.4, 0.5) is 23.2 Å². The lowest BCUT2D eigenvalue weighted by atomic mass is 10.1. The van der Waals surface area contributed by atoms with Gasteiger partial charge in [0, 0.05) is 6.54 Å². The number of aryl methyl sites for hydroxylation is 1. The second kappa shape index (κ2) is 12.8. The number of benzene rings is 4. The highest BCUT2D eigenvalue weighted by Gasteiger charge is 2.32. The van der Waals surface area contributed by atoms with E-state index in [4.69, 9.17) is 11.6 Å². The molecule has 1 atom stereocenters. The molecule has 0 aliphatic carbocycles. The van der Waals surface area contributed by atoms with E-state index in [0.717, 1.165) is 35.5 Å². The van der Waals surface area contributed by atoms with Crippen LogP contribution in [0.5, 0.6) is 0 Å². The maximum Gasteiger partial charge on any atom is 0.416 e. The number of rotatable bonds is 9. The van der Waals surface area contributed by atoms with Gasteiger partial charge in [-0.3, -0.25) is 4.79 Å². The van der Waals surface area contributed by atoms with Crippen LogP contribution in [-0.2, 0) is 23.9 Å². The maximum atomic E-state index is 14.8. The second-order valence-electron chi connectivity index (χ2n) is 9.26. The summed E-state index contributed by atoms with van der Waals surface area (Å²) in [5.41, 5.74) is 0.754. The maximum absolute atomic E-state index is 14.8. The van der Waals surface area contributed by atoms with E-state index in [0.29, 0.717) is 29.5 Å². The van der Waals surface area contributed by atoms with E-state index < -0.39 is 28.7 Å². The first-order chi connectivity index (χ1) is 20.2. The van der Waals surface area contributed by atoms with E-state index in [1.807, 2.05) is 30.3 Å². The molecule has 0 bridgehead atoms. The molecule has 0 spiro atoms. The van der Waals surface area contributed by atoms with Crippen molar-refractivity contribution >= 4 is 35.0 Å². The van der Waals surface area contributed by atoms with E-state index in [1.54, 1.807) is 53.1 Å². The Morgan fingerprint density at radius 3 is 2.26 bits per heavy atom. The summed E-state index contributed by atoms with van der Waals surface area (Å²) in [4.78, 5) is 13.7. The summed E-state index contributed by atoms with van der Waals surface area (Å²) in [6, 6.07) is 27.4. The van der Waals surface area contributed by atoms with Crippen LogP contribution in [0.3, 0.4) is 0 Å². The molecule has 0 radical (unpaired) electrons. The third-order valence-corrected chi connectivity index (χ3v) is 7.98. The van der Waals surface area contributed by atoms with Crippen LogP contribution in [-0.4, -0.2) is 20.7 Å². The average molecular weight is 611 g/mol. The number of hydrogen-bond donors (Lipinski definition) is 1. The van der Waals surface area contributed by atoms with Crippen molar-refractivity contribution in [1.29, 1.82) is 0 Å². The Labute approximate surface area is 248 Å². The van der Waals surface area contributed by atoms with Crippen molar-refractivity contribution in [2.45, 2.75) is 29.5 Å². The molecule has 214 valence electrons. The summed E-state index contributed by atoms with van der Waals surface area (Å²) >= 11 is 7.22. The van der Waals surface area contributed by atoms with Gasteiger partial charge in [-0.15, -0.1) is 10.2 Å². The minimum absolute atomic E-state index is 0.0407. The van der Waals surface area contributed by atoms with Crippen molar-refractivity contribution in [2.24, 2.45) is 0 Å². The van der Waals surface area contributed by atoms with E-state index in [-0.39, 0.29) is 16.3 Å². The molecule has 42 heavy (non-hydrogen) atoms. The Morgan fingerprint density at radius 2 is 1.57 bits per heavy atom. The van der Waals surface area contributed by atoms with Gasteiger partial charge in [0.25, 0.3) is 0 Å². The van der Waals surface area contributed by atoms with Crippen molar-refractivity contribution in [3.8, 4) is 11.4 Å². The summed E-state index contributed by atoms with van der Waals surface area (Å²) in [7, 11) is 0. The van der Waals surface area contributed by atoms with Gasteiger partial charge in [0.05, 0.1) is 21.8 Å². The van der Waals surface area contributed by atoms with Crippen LogP contribution in [0.15, 0.2) is 108 Å². The van der Waals surface area contributed by atoms with Gasteiger partial charge in [-0.05, 0) is 47.9 Å². The minimum Gasteiger partial charge on any atom is -0.323 e. The molecule has 5 aromatic rings. The topological polar surface area (TPSA) is 59.8 Å². The molecule has 0 saturated heterocycles. The zero-order chi connectivity index (χ0) is 29.7. The Bertz CT molecular complexity index is 1680. The molecule has 1 amide bonds. The average Bonchev–Trinajstić information content (AvgIpc) is 3.38. The molecule has 0 saturated carbocycles. The zero-order valence-electron chi connectivity index (χ0n) is 21.9. The number of nitrogens with zero attached hydrogens (tertiary/aromatic N) is 3. The lowest BCUT2D eigenvalue weighted by Gasteiger charge is -2.19. The SMILES string of the molecule is O=C(Nc1cc(C(F)(F)F)ccc1Cl)[C@H](Sc1nnc(-c2ccccc2F)n1CCc1ccccc1)c1ccccc1. The van der Waals surface area contributed by atoms with Gasteiger partial charge < -0.3 is 9.88 Å². The molecular weight excluding hydrogens is 588 g/mol. The summed E-state index contributed by atoms with van der Waals surface area (Å²) in [5.74, 6) is -0.795. The molecule has 11 heteroatoms. The highest BCUT2D eigenvalue weighted by Crippen LogP contribution is 2.39. The van der Waals surface area contributed by atoms with Gasteiger partial charge in [0.15, 0.2) is 11.0 Å². The number of aromatic nitrogens is 3. The van der Waals surface area contributed by atoms with Crippen molar-refractivity contribution in [1.82, 2.24) is 14.8 Å². The Balaban J connectivity index is 1.51. The Morgan fingerprint density at radius 1 is 0.905 bits per heavy atom. The normalized spacial score (nSPS) is 12.2. The van der Waals surface area contributed by atoms with Crippen LogP contribution >= 0.6 is 23.4 Å². The largest absolute Gasteiger partial charge is 0.416 e. The summed E-state index contributed by atoms with van der Waals surface area (Å²) in [6.45, 7) is 0.381. The van der Waals surface area contributed by atoms with Gasteiger partial charge in [-0.2, -0.15) is 13.2 Å². The predicted molar refractivity (Wildman–Crippen MR) is 156 cm³/mol. The number of carbonyl (C=O) groups is 1. The Kier molecular flexibility index (Phi) is 8.94. The molecular formula is C31H23ClF4N4OS. The highest BCUT2D eigenvalue weighted by molar-refractivity contribution is 8.00. The van der Waals surface area contributed by atoms with E-state index in [1.165, 1.54) is 6.07 Å². The van der Waals surface area contributed by atoms with Crippen molar-refractivity contribution in [2.75, 3.05) is 5.32 Å². The number of hydrogen-bond acceptors (Lipinski definition) is 4. The third-order valence-electron chi connectivity index (χ3n) is 6.41. The number of anilines is 1. The van der Waals surface area contributed by atoms with E-state index in [2.05, 4.69) is 15.5 Å². The van der Waals surface area contributed by atoms with Crippen LogP contribution in [0, 0.1) is 5.82 Å². The Hall–Kier alpha value is -4.15. The summed E-state index contributed by atoms with van der Waals surface area (Å²) in [6.07, 6.45) is -4.04. The number of nitrogens with one attached hydrogen (secondary N) is 1. The molecule has 0 unspecified atom stereocenters.